The summed E-state index contributed by atoms with van der Waals surface area (Å²) in [5.74, 6) is -0.0456. The molecule has 0 bridgehead atoms. The molecule has 0 aromatic carbocycles. The Balaban J connectivity index is 2.44. The van der Waals surface area contributed by atoms with E-state index >= 15 is 0 Å². The zero-order valence-corrected chi connectivity index (χ0v) is 9.04. The van der Waals surface area contributed by atoms with Crippen LogP contribution in [0.3, 0.4) is 0 Å². The van der Waals surface area contributed by atoms with Gasteiger partial charge in [-0.1, -0.05) is 6.92 Å². The SMILES string of the molecule is CCNC1COCC1C(=O)NN(C)C. The van der Waals surface area contributed by atoms with Gasteiger partial charge < -0.3 is 10.1 Å². The highest BCUT2D eigenvalue weighted by Crippen LogP contribution is 2.13. The molecule has 0 aromatic rings. The molecule has 0 radical (unpaired) electrons. The second-order valence-corrected chi connectivity index (χ2v) is 3.68. The van der Waals surface area contributed by atoms with E-state index in [-0.39, 0.29) is 17.9 Å². The Morgan fingerprint density at radius 2 is 2.21 bits per heavy atom. The normalized spacial score (nSPS) is 26.9. The molecule has 0 aliphatic carbocycles. The van der Waals surface area contributed by atoms with Crippen LogP contribution in [0.25, 0.3) is 0 Å². The van der Waals surface area contributed by atoms with Gasteiger partial charge in [-0.3, -0.25) is 10.2 Å². The number of hydrazine groups is 1. The molecule has 1 aliphatic rings. The number of carbonyl (C=O) groups is 1. The van der Waals surface area contributed by atoms with Crippen LogP contribution in [0.4, 0.5) is 0 Å². The van der Waals surface area contributed by atoms with Crippen molar-refractivity contribution in [2.24, 2.45) is 5.92 Å². The quantitative estimate of drug-likeness (QED) is 0.585. The van der Waals surface area contributed by atoms with Crippen LogP contribution in [0, 0.1) is 5.92 Å². The van der Waals surface area contributed by atoms with Crippen molar-refractivity contribution in [3.63, 3.8) is 0 Å². The first-order valence-corrected chi connectivity index (χ1v) is 4.94. The standard InChI is InChI=1S/C9H19N3O2/c1-4-10-8-6-14-5-7(8)9(13)11-12(2)3/h7-8,10H,4-6H2,1-3H3,(H,11,13). The van der Waals surface area contributed by atoms with Crippen LogP contribution in [0.1, 0.15) is 6.92 Å². The summed E-state index contributed by atoms with van der Waals surface area (Å²) in [5, 5.41) is 4.90. The number of rotatable bonds is 4. The molecule has 2 unspecified atom stereocenters. The van der Waals surface area contributed by atoms with Crippen LogP contribution in [-0.2, 0) is 9.53 Å². The molecule has 1 fully saturated rings. The lowest BCUT2D eigenvalue weighted by molar-refractivity contribution is -0.129. The average molecular weight is 201 g/mol. The molecule has 2 N–H and O–H groups in total. The number of carbonyl (C=O) groups excluding carboxylic acids is 1. The fourth-order valence-electron chi connectivity index (χ4n) is 1.58. The zero-order chi connectivity index (χ0) is 10.6. The molecule has 1 saturated heterocycles. The first kappa shape index (κ1) is 11.4. The first-order valence-electron chi connectivity index (χ1n) is 4.94. The van der Waals surface area contributed by atoms with Crippen molar-refractivity contribution in [1.29, 1.82) is 0 Å². The largest absolute Gasteiger partial charge is 0.379 e. The van der Waals surface area contributed by atoms with E-state index in [0.717, 1.165) is 6.54 Å². The van der Waals surface area contributed by atoms with Gasteiger partial charge in [0.2, 0.25) is 5.91 Å². The summed E-state index contributed by atoms with van der Waals surface area (Å²) < 4.78 is 5.28. The monoisotopic (exact) mass is 201 g/mol. The maximum atomic E-state index is 11.7. The van der Waals surface area contributed by atoms with Crippen LogP contribution in [0.5, 0.6) is 0 Å². The predicted octanol–water partition coefficient (Wildman–Crippen LogP) is -0.796. The second kappa shape index (κ2) is 5.29. The van der Waals surface area contributed by atoms with E-state index in [9.17, 15) is 4.79 Å². The Kier molecular flexibility index (Phi) is 4.31. The third-order valence-corrected chi connectivity index (χ3v) is 2.22. The van der Waals surface area contributed by atoms with E-state index in [1.165, 1.54) is 0 Å². The van der Waals surface area contributed by atoms with Crippen LogP contribution >= 0.6 is 0 Å². The van der Waals surface area contributed by atoms with Gasteiger partial charge in [-0.2, -0.15) is 0 Å². The van der Waals surface area contributed by atoms with Crippen molar-refractivity contribution in [2.45, 2.75) is 13.0 Å². The van der Waals surface area contributed by atoms with Crippen LogP contribution in [-0.4, -0.2) is 50.8 Å². The Morgan fingerprint density at radius 1 is 1.50 bits per heavy atom. The third kappa shape index (κ3) is 2.94. The minimum atomic E-state index is -0.0719. The molecule has 0 spiro atoms. The van der Waals surface area contributed by atoms with Crippen molar-refractivity contribution >= 4 is 5.91 Å². The molecular formula is C9H19N3O2. The van der Waals surface area contributed by atoms with Crippen molar-refractivity contribution in [1.82, 2.24) is 15.8 Å². The molecule has 5 nitrogen and oxygen atoms in total. The Hall–Kier alpha value is -0.650. The topological polar surface area (TPSA) is 53.6 Å². The number of nitrogens with zero attached hydrogens (tertiary/aromatic N) is 1. The van der Waals surface area contributed by atoms with Crippen molar-refractivity contribution in [2.75, 3.05) is 33.9 Å². The number of nitrogens with one attached hydrogen (secondary N) is 2. The van der Waals surface area contributed by atoms with Gasteiger partial charge in [0.05, 0.1) is 19.1 Å². The molecule has 2 atom stereocenters. The van der Waals surface area contributed by atoms with Gasteiger partial charge in [-0.15, -0.1) is 0 Å². The molecule has 5 heteroatoms. The minimum absolute atomic E-state index is 0.0263. The number of hydrogen-bond donors (Lipinski definition) is 2. The Bertz CT molecular complexity index is 196. The third-order valence-electron chi connectivity index (χ3n) is 2.22. The Morgan fingerprint density at radius 3 is 2.79 bits per heavy atom. The summed E-state index contributed by atoms with van der Waals surface area (Å²) >= 11 is 0. The van der Waals surface area contributed by atoms with E-state index in [0.29, 0.717) is 13.2 Å². The average Bonchev–Trinajstić information content (AvgIpc) is 2.51. The number of amides is 1. The summed E-state index contributed by atoms with van der Waals surface area (Å²) in [7, 11) is 3.60. The van der Waals surface area contributed by atoms with Crippen molar-refractivity contribution in [3.8, 4) is 0 Å². The fraction of sp³-hybridized carbons (Fsp3) is 0.889. The number of likely N-dealkylation sites (N-methyl/N-ethyl adjacent to an activating group) is 1. The van der Waals surface area contributed by atoms with Crippen LogP contribution in [0.15, 0.2) is 0 Å². The van der Waals surface area contributed by atoms with Crippen LogP contribution in [0.2, 0.25) is 0 Å². The summed E-state index contributed by atoms with van der Waals surface area (Å²) in [6, 6.07) is 0.153. The zero-order valence-electron chi connectivity index (χ0n) is 9.04. The highest BCUT2D eigenvalue weighted by atomic mass is 16.5. The molecule has 82 valence electrons. The van der Waals surface area contributed by atoms with Crippen molar-refractivity contribution in [3.05, 3.63) is 0 Å². The smallest absolute Gasteiger partial charge is 0.241 e. The van der Waals surface area contributed by atoms with Gasteiger partial charge in [-0.25, -0.2) is 5.01 Å². The lowest BCUT2D eigenvalue weighted by Crippen LogP contribution is -2.47. The Labute approximate surface area is 84.8 Å². The number of hydrogen-bond acceptors (Lipinski definition) is 4. The van der Waals surface area contributed by atoms with Gasteiger partial charge in [0.15, 0.2) is 0 Å². The molecule has 1 aliphatic heterocycles. The highest BCUT2D eigenvalue weighted by Gasteiger charge is 2.33. The molecule has 14 heavy (non-hydrogen) atoms. The molecular weight excluding hydrogens is 182 g/mol. The minimum Gasteiger partial charge on any atom is -0.379 e. The van der Waals surface area contributed by atoms with Gasteiger partial charge >= 0.3 is 0 Å². The predicted molar refractivity (Wildman–Crippen MR) is 53.6 cm³/mol. The van der Waals surface area contributed by atoms with Gasteiger partial charge in [0.1, 0.15) is 0 Å². The summed E-state index contributed by atoms with van der Waals surface area (Å²) in [4.78, 5) is 11.7. The molecule has 0 saturated carbocycles. The lowest BCUT2D eigenvalue weighted by Gasteiger charge is -2.20. The van der Waals surface area contributed by atoms with Gasteiger partial charge in [0.25, 0.3) is 0 Å². The van der Waals surface area contributed by atoms with Gasteiger partial charge in [-0.05, 0) is 6.54 Å². The van der Waals surface area contributed by atoms with Crippen molar-refractivity contribution < 1.29 is 9.53 Å². The molecule has 1 amide bonds. The van der Waals surface area contributed by atoms with E-state index in [4.69, 9.17) is 4.74 Å². The summed E-state index contributed by atoms with van der Waals surface area (Å²) in [6.45, 7) is 4.02. The second-order valence-electron chi connectivity index (χ2n) is 3.68. The van der Waals surface area contributed by atoms with E-state index in [2.05, 4.69) is 10.7 Å². The molecule has 1 rings (SSSR count). The van der Waals surface area contributed by atoms with Gasteiger partial charge in [0, 0.05) is 20.1 Å². The maximum Gasteiger partial charge on any atom is 0.241 e. The summed E-state index contributed by atoms with van der Waals surface area (Å²) in [5.41, 5.74) is 2.75. The van der Waals surface area contributed by atoms with E-state index in [1.807, 2.05) is 6.92 Å². The summed E-state index contributed by atoms with van der Waals surface area (Å²) in [6.07, 6.45) is 0. The van der Waals surface area contributed by atoms with Crippen LogP contribution < -0.4 is 10.7 Å². The lowest BCUT2D eigenvalue weighted by atomic mass is 10.0. The fourth-order valence-corrected chi connectivity index (χ4v) is 1.58. The number of ether oxygens (including phenoxy) is 1. The van der Waals surface area contributed by atoms with E-state index < -0.39 is 0 Å². The highest BCUT2D eigenvalue weighted by molar-refractivity contribution is 5.79. The molecule has 1 heterocycles. The first-order chi connectivity index (χ1) is 6.65. The van der Waals surface area contributed by atoms with E-state index in [1.54, 1.807) is 19.1 Å². The maximum absolute atomic E-state index is 11.7. The molecule has 0 aromatic heterocycles.